The normalized spacial score (nSPS) is 10.8. The van der Waals surface area contributed by atoms with Gasteiger partial charge >= 0.3 is 0 Å². The van der Waals surface area contributed by atoms with Crippen molar-refractivity contribution in [1.29, 1.82) is 0 Å². The third-order valence-electron chi connectivity index (χ3n) is 2.55. The predicted octanol–water partition coefficient (Wildman–Crippen LogP) is 2.21. The maximum absolute atomic E-state index is 5.97. The smallest absolute Gasteiger partial charge is 0.0794 e. The SMILES string of the molecule is Nc1cc2cn[nH]c2cc1NCc1cncs1. The van der Waals surface area contributed by atoms with E-state index in [1.54, 1.807) is 17.5 Å². The number of hydrogen-bond acceptors (Lipinski definition) is 5. The molecule has 86 valence electrons. The van der Waals surface area contributed by atoms with Crippen LogP contribution < -0.4 is 11.1 Å². The summed E-state index contributed by atoms with van der Waals surface area (Å²) in [5.41, 5.74) is 10.4. The molecule has 3 aromatic rings. The summed E-state index contributed by atoms with van der Waals surface area (Å²) in [7, 11) is 0. The summed E-state index contributed by atoms with van der Waals surface area (Å²) in [4.78, 5) is 5.20. The summed E-state index contributed by atoms with van der Waals surface area (Å²) in [5.74, 6) is 0. The monoisotopic (exact) mass is 245 g/mol. The average Bonchev–Trinajstić information content (AvgIpc) is 2.95. The molecule has 0 atom stereocenters. The lowest BCUT2D eigenvalue weighted by Gasteiger charge is -2.08. The molecule has 0 aliphatic rings. The molecule has 0 radical (unpaired) electrons. The molecule has 2 aromatic heterocycles. The van der Waals surface area contributed by atoms with Crippen LogP contribution in [0, 0.1) is 0 Å². The van der Waals surface area contributed by atoms with Gasteiger partial charge in [-0.3, -0.25) is 10.1 Å². The first-order valence-electron chi connectivity index (χ1n) is 5.17. The molecule has 0 saturated carbocycles. The summed E-state index contributed by atoms with van der Waals surface area (Å²) in [6.07, 6.45) is 3.61. The number of aromatic amines is 1. The van der Waals surface area contributed by atoms with Crippen LogP contribution in [0.2, 0.25) is 0 Å². The molecule has 4 N–H and O–H groups in total. The number of aromatic nitrogens is 3. The Bertz CT molecular complexity index is 628. The van der Waals surface area contributed by atoms with Crippen LogP contribution in [0.5, 0.6) is 0 Å². The van der Waals surface area contributed by atoms with Crippen LogP contribution in [0.4, 0.5) is 11.4 Å². The quantitative estimate of drug-likeness (QED) is 0.618. The maximum Gasteiger partial charge on any atom is 0.0794 e. The first-order chi connectivity index (χ1) is 8.33. The first kappa shape index (κ1) is 10.1. The number of nitrogens with two attached hydrogens (primary N) is 1. The van der Waals surface area contributed by atoms with Gasteiger partial charge in [0.25, 0.3) is 0 Å². The number of nitrogen functional groups attached to an aromatic ring is 1. The molecule has 0 spiro atoms. The number of nitrogens with zero attached hydrogens (tertiary/aromatic N) is 2. The molecule has 2 heterocycles. The molecular weight excluding hydrogens is 234 g/mol. The molecule has 0 saturated heterocycles. The van der Waals surface area contributed by atoms with E-state index in [-0.39, 0.29) is 0 Å². The van der Waals surface area contributed by atoms with Crippen molar-refractivity contribution in [2.45, 2.75) is 6.54 Å². The van der Waals surface area contributed by atoms with E-state index in [0.717, 1.165) is 28.8 Å². The number of fused-ring (bicyclic) bond motifs is 1. The largest absolute Gasteiger partial charge is 0.397 e. The highest BCUT2D eigenvalue weighted by Gasteiger charge is 2.03. The van der Waals surface area contributed by atoms with E-state index in [9.17, 15) is 0 Å². The lowest BCUT2D eigenvalue weighted by atomic mass is 10.2. The Hall–Kier alpha value is -2.08. The lowest BCUT2D eigenvalue weighted by Crippen LogP contribution is -2.01. The van der Waals surface area contributed by atoms with Gasteiger partial charge in [-0.1, -0.05) is 0 Å². The third-order valence-corrected chi connectivity index (χ3v) is 3.33. The first-order valence-corrected chi connectivity index (χ1v) is 6.05. The van der Waals surface area contributed by atoms with Crippen molar-refractivity contribution >= 4 is 33.6 Å². The third kappa shape index (κ3) is 1.94. The van der Waals surface area contributed by atoms with E-state index in [2.05, 4.69) is 20.5 Å². The number of thiazole rings is 1. The highest BCUT2D eigenvalue weighted by Crippen LogP contribution is 2.25. The van der Waals surface area contributed by atoms with E-state index < -0.39 is 0 Å². The van der Waals surface area contributed by atoms with Crippen molar-refractivity contribution in [1.82, 2.24) is 15.2 Å². The lowest BCUT2D eigenvalue weighted by molar-refractivity contribution is 1.12. The molecule has 1 aromatic carbocycles. The average molecular weight is 245 g/mol. The van der Waals surface area contributed by atoms with Crippen molar-refractivity contribution in [3.8, 4) is 0 Å². The highest BCUT2D eigenvalue weighted by molar-refractivity contribution is 7.09. The number of benzene rings is 1. The van der Waals surface area contributed by atoms with Crippen LogP contribution in [0.15, 0.2) is 30.0 Å². The molecule has 0 bridgehead atoms. The standard InChI is InChI=1S/C11H11N5S/c12-9-1-7-3-15-16-10(7)2-11(9)14-5-8-4-13-6-17-8/h1-4,6,14H,5,12H2,(H,15,16). The van der Waals surface area contributed by atoms with Crippen LogP contribution in [-0.2, 0) is 6.54 Å². The van der Waals surface area contributed by atoms with E-state index in [1.165, 1.54) is 4.88 Å². The molecule has 6 heteroatoms. The zero-order valence-electron chi connectivity index (χ0n) is 8.97. The van der Waals surface area contributed by atoms with Crippen molar-refractivity contribution in [3.63, 3.8) is 0 Å². The van der Waals surface area contributed by atoms with Crippen LogP contribution in [0.3, 0.4) is 0 Å². The Kier molecular flexibility index (Phi) is 2.41. The Balaban J connectivity index is 1.86. The molecule has 0 aliphatic heterocycles. The summed E-state index contributed by atoms with van der Waals surface area (Å²) in [6.45, 7) is 0.731. The fourth-order valence-corrected chi connectivity index (χ4v) is 2.21. The van der Waals surface area contributed by atoms with Crippen LogP contribution >= 0.6 is 11.3 Å². The second-order valence-corrected chi connectivity index (χ2v) is 4.69. The number of nitrogens with one attached hydrogen (secondary N) is 2. The number of H-pyrrole nitrogens is 1. The Morgan fingerprint density at radius 3 is 3.12 bits per heavy atom. The molecule has 17 heavy (non-hydrogen) atoms. The second-order valence-electron chi connectivity index (χ2n) is 3.72. The number of rotatable bonds is 3. The fourth-order valence-electron chi connectivity index (χ4n) is 1.67. The van der Waals surface area contributed by atoms with E-state index >= 15 is 0 Å². The van der Waals surface area contributed by atoms with Crippen molar-refractivity contribution < 1.29 is 0 Å². The maximum atomic E-state index is 5.97. The molecule has 5 nitrogen and oxygen atoms in total. The molecule has 0 fully saturated rings. The van der Waals surface area contributed by atoms with Gasteiger partial charge in [0.05, 0.1) is 35.1 Å². The van der Waals surface area contributed by atoms with Gasteiger partial charge in [0.1, 0.15) is 0 Å². The highest BCUT2D eigenvalue weighted by atomic mass is 32.1. The van der Waals surface area contributed by atoms with Gasteiger partial charge in [0.2, 0.25) is 0 Å². The van der Waals surface area contributed by atoms with Gasteiger partial charge in [0.15, 0.2) is 0 Å². The Morgan fingerprint density at radius 1 is 1.35 bits per heavy atom. The molecule has 0 aliphatic carbocycles. The number of anilines is 2. The molecule has 0 unspecified atom stereocenters. The number of hydrogen-bond donors (Lipinski definition) is 3. The van der Waals surface area contributed by atoms with Gasteiger partial charge in [-0.15, -0.1) is 11.3 Å². The van der Waals surface area contributed by atoms with Gasteiger partial charge in [-0.2, -0.15) is 5.10 Å². The topological polar surface area (TPSA) is 79.6 Å². The van der Waals surface area contributed by atoms with E-state index in [0.29, 0.717) is 0 Å². The minimum Gasteiger partial charge on any atom is -0.397 e. The van der Waals surface area contributed by atoms with Gasteiger partial charge in [-0.05, 0) is 12.1 Å². The van der Waals surface area contributed by atoms with Crippen LogP contribution in [0.1, 0.15) is 4.88 Å². The molecule has 3 rings (SSSR count). The zero-order chi connectivity index (χ0) is 11.7. The Labute approximate surface area is 102 Å². The Morgan fingerprint density at radius 2 is 2.29 bits per heavy atom. The van der Waals surface area contributed by atoms with Gasteiger partial charge in [0, 0.05) is 16.5 Å². The summed E-state index contributed by atoms with van der Waals surface area (Å²) < 4.78 is 0. The van der Waals surface area contributed by atoms with Crippen molar-refractivity contribution in [3.05, 3.63) is 34.9 Å². The molecular formula is C11H11N5S. The van der Waals surface area contributed by atoms with Crippen LogP contribution in [0.25, 0.3) is 10.9 Å². The minimum atomic E-state index is 0.725. The second kappa shape index (κ2) is 4.06. The van der Waals surface area contributed by atoms with Crippen molar-refractivity contribution in [2.75, 3.05) is 11.1 Å². The minimum absolute atomic E-state index is 0.725. The van der Waals surface area contributed by atoms with Gasteiger partial charge < -0.3 is 11.1 Å². The zero-order valence-corrected chi connectivity index (χ0v) is 9.79. The summed E-state index contributed by atoms with van der Waals surface area (Å²) in [5, 5.41) is 11.2. The summed E-state index contributed by atoms with van der Waals surface area (Å²) >= 11 is 1.62. The van der Waals surface area contributed by atoms with E-state index in [1.807, 2.05) is 23.8 Å². The van der Waals surface area contributed by atoms with Crippen molar-refractivity contribution in [2.24, 2.45) is 0 Å². The fraction of sp³-hybridized carbons (Fsp3) is 0.0909. The van der Waals surface area contributed by atoms with E-state index in [4.69, 9.17) is 5.73 Å². The van der Waals surface area contributed by atoms with Gasteiger partial charge in [-0.25, -0.2) is 0 Å². The molecule has 0 amide bonds. The summed E-state index contributed by atoms with van der Waals surface area (Å²) in [6, 6.07) is 3.88. The van der Waals surface area contributed by atoms with Crippen LogP contribution in [-0.4, -0.2) is 15.2 Å². The predicted molar refractivity (Wildman–Crippen MR) is 69.9 cm³/mol.